The summed E-state index contributed by atoms with van der Waals surface area (Å²) in [5.74, 6) is 2.29. The summed E-state index contributed by atoms with van der Waals surface area (Å²) in [6.45, 7) is 0.860. The lowest BCUT2D eigenvalue weighted by Gasteiger charge is -2.07. The molecular formula is C13H17N5O. The van der Waals surface area contributed by atoms with E-state index in [9.17, 15) is 0 Å². The Bertz CT molecular complexity index is 576. The van der Waals surface area contributed by atoms with Gasteiger partial charge in [0.2, 0.25) is 0 Å². The topological polar surface area (TPSA) is 78.9 Å². The highest BCUT2D eigenvalue weighted by molar-refractivity contribution is 5.66. The van der Waals surface area contributed by atoms with Crippen molar-refractivity contribution in [2.45, 2.75) is 25.8 Å². The molecule has 6 heteroatoms. The number of anilines is 1. The number of nitrogens with zero attached hydrogens (tertiary/aromatic N) is 4. The molecular weight excluding hydrogens is 242 g/mol. The predicted octanol–water partition coefficient (Wildman–Crippen LogP) is 1.73. The van der Waals surface area contributed by atoms with Crippen molar-refractivity contribution in [1.82, 2.24) is 20.2 Å². The van der Waals surface area contributed by atoms with Crippen molar-refractivity contribution in [2.75, 3.05) is 12.8 Å². The minimum absolute atomic E-state index is 0.594. The number of aryl methyl sites for hydroxylation is 1. The molecule has 1 fully saturated rings. The van der Waals surface area contributed by atoms with Crippen LogP contribution in [0.1, 0.15) is 19.3 Å². The van der Waals surface area contributed by atoms with Crippen LogP contribution in [0, 0.1) is 5.92 Å². The average Bonchev–Trinajstić information content (AvgIpc) is 3.13. The predicted molar refractivity (Wildman–Crippen MR) is 71.6 cm³/mol. The largest absolute Gasteiger partial charge is 0.495 e. The van der Waals surface area contributed by atoms with Crippen molar-refractivity contribution >= 4 is 5.69 Å². The fourth-order valence-electron chi connectivity index (χ4n) is 2.15. The van der Waals surface area contributed by atoms with Crippen LogP contribution in [0.4, 0.5) is 5.69 Å². The van der Waals surface area contributed by atoms with E-state index in [0.717, 1.165) is 30.3 Å². The number of rotatable bonds is 5. The van der Waals surface area contributed by atoms with Gasteiger partial charge in [0.25, 0.3) is 0 Å². The summed E-state index contributed by atoms with van der Waals surface area (Å²) in [5, 5.41) is 11.9. The lowest BCUT2D eigenvalue weighted by Crippen LogP contribution is -2.04. The molecule has 3 rings (SSSR count). The van der Waals surface area contributed by atoms with Crippen LogP contribution in [0.3, 0.4) is 0 Å². The lowest BCUT2D eigenvalue weighted by atomic mass is 10.1. The SMILES string of the molecule is COc1ccc(-c2nnnn2CCC2CC2)cc1N. The number of methoxy groups -OCH3 is 1. The second kappa shape index (κ2) is 4.87. The highest BCUT2D eigenvalue weighted by Crippen LogP contribution is 2.33. The third kappa shape index (κ3) is 2.52. The molecule has 2 aromatic rings. The van der Waals surface area contributed by atoms with Gasteiger partial charge in [0.1, 0.15) is 5.75 Å². The van der Waals surface area contributed by atoms with E-state index < -0.39 is 0 Å². The molecule has 1 aliphatic carbocycles. The third-order valence-electron chi connectivity index (χ3n) is 3.47. The molecule has 0 amide bonds. The van der Waals surface area contributed by atoms with Crippen LogP contribution in [0.5, 0.6) is 5.75 Å². The zero-order valence-corrected chi connectivity index (χ0v) is 10.9. The van der Waals surface area contributed by atoms with Gasteiger partial charge in [-0.05, 0) is 41.0 Å². The standard InChI is InChI=1S/C13H17N5O/c1-19-12-5-4-10(8-11(12)14)13-15-16-17-18(13)7-6-9-2-3-9/h4-5,8-9H,2-3,6-7,14H2,1H3. The van der Waals surface area contributed by atoms with Crippen molar-refractivity contribution in [2.24, 2.45) is 5.92 Å². The van der Waals surface area contributed by atoms with Crippen LogP contribution in [0.15, 0.2) is 18.2 Å². The van der Waals surface area contributed by atoms with Gasteiger partial charge in [-0.3, -0.25) is 0 Å². The minimum atomic E-state index is 0.594. The Hall–Kier alpha value is -2.11. The molecule has 1 saturated carbocycles. The molecule has 0 saturated heterocycles. The summed E-state index contributed by atoms with van der Waals surface area (Å²) in [4.78, 5) is 0. The van der Waals surface area contributed by atoms with Gasteiger partial charge in [-0.2, -0.15) is 0 Å². The molecule has 1 aromatic carbocycles. The van der Waals surface area contributed by atoms with Gasteiger partial charge in [-0.25, -0.2) is 4.68 Å². The Kier molecular flexibility index (Phi) is 3.06. The summed E-state index contributed by atoms with van der Waals surface area (Å²) >= 11 is 0. The van der Waals surface area contributed by atoms with Crippen molar-refractivity contribution < 1.29 is 4.74 Å². The Morgan fingerprint density at radius 3 is 2.95 bits per heavy atom. The maximum absolute atomic E-state index is 5.92. The maximum atomic E-state index is 5.92. The molecule has 1 aromatic heterocycles. The van der Waals surface area contributed by atoms with Gasteiger partial charge in [0.15, 0.2) is 5.82 Å². The fraction of sp³-hybridized carbons (Fsp3) is 0.462. The van der Waals surface area contributed by atoms with Gasteiger partial charge < -0.3 is 10.5 Å². The molecule has 19 heavy (non-hydrogen) atoms. The average molecular weight is 259 g/mol. The first-order chi connectivity index (χ1) is 9.28. The van der Waals surface area contributed by atoms with Crippen molar-refractivity contribution in [3.63, 3.8) is 0 Å². The molecule has 1 aliphatic rings. The fourth-order valence-corrected chi connectivity index (χ4v) is 2.15. The molecule has 100 valence electrons. The summed E-state index contributed by atoms with van der Waals surface area (Å²) in [7, 11) is 1.60. The van der Waals surface area contributed by atoms with Gasteiger partial charge >= 0.3 is 0 Å². The van der Waals surface area contributed by atoms with E-state index in [4.69, 9.17) is 10.5 Å². The van der Waals surface area contributed by atoms with Crippen LogP contribution in [-0.2, 0) is 6.54 Å². The Labute approximate surface area is 111 Å². The Balaban J connectivity index is 1.84. The highest BCUT2D eigenvalue weighted by atomic mass is 16.5. The first kappa shape index (κ1) is 12.0. The van der Waals surface area contributed by atoms with E-state index in [-0.39, 0.29) is 0 Å². The smallest absolute Gasteiger partial charge is 0.182 e. The zero-order valence-electron chi connectivity index (χ0n) is 10.9. The monoisotopic (exact) mass is 259 g/mol. The summed E-state index contributed by atoms with van der Waals surface area (Å²) in [6, 6.07) is 5.61. The molecule has 0 bridgehead atoms. The number of benzene rings is 1. The van der Waals surface area contributed by atoms with Crippen LogP contribution in [-0.4, -0.2) is 27.3 Å². The summed E-state index contributed by atoms with van der Waals surface area (Å²) in [5.41, 5.74) is 7.43. The van der Waals surface area contributed by atoms with E-state index in [1.54, 1.807) is 7.11 Å². The zero-order chi connectivity index (χ0) is 13.2. The van der Waals surface area contributed by atoms with Crippen molar-refractivity contribution in [3.05, 3.63) is 18.2 Å². The highest BCUT2D eigenvalue weighted by Gasteiger charge is 2.21. The lowest BCUT2D eigenvalue weighted by molar-refractivity contribution is 0.417. The second-order valence-corrected chi connectivity index (χ2v) is 4.91. The van der Waals surface area contributed by atoms with Crippen LogP contribution in [0.2, 0.25) is 0 Å². The van der Waals surface area contributed by atoms with E-state index in [2.05, 4.69) is 15.5 Å². The molecule has 2 N–H and O–H groups in total. The summed E-state index contributed by atoms with van der Waals surface area (Å²) in [6.07, 6.45) is 3.82. The van der Waals surface area contributed by atoms with E-state index in [1.165, 1.54) is 12.8 Å². The number of hydrogen-bond acceptors (Lipinski definition) is 5. The van der Waals surface area contributed by atoms with Crippen molar-refractivity contribution in [1.29, 1.82) is 0 Å². The number of nitrogens with two attached hydrogens (primary N) is 1. The maximum Gasteiger partial charge on any atom is 0.182 e. The third-order valence-corrected chi connectivity index (χ3v) is 3.47. The van der Waals surface area contributed by atoms with Gasteiger partial charge in [-0.15, -0.1) is 5.10 Å². The van der Waals surface area contributed by atoms with E-state index in [1.807, 2.05) is 22.9 Å². The first-order valence-corrected chi connectivity index (χ1v) is 6.48. The van der Waals surface area contributed by atoms with Crippen LogP contribution >= 0.6 is 0 Å². The molecule has 1 heterocycles. The number of aromatic nitrogens is 4. The first-order valence-electron chi connectivity index (χ1n) is 6.48. The molecule has 0 radical (unpaired) electrons. The van der Waals surface area contributed by atoms with Crippen molar-refractivity contribution in [3.8, 4) is 17.1 Å². The Morgan fingerprint density at radius 2 is 2.26 bits per heavy atom. The van der Waals surface area contributed by atoms with Crippen LogP contribution < -0.4 is 10.5 Å². The van der Waals surface area contributed by atoms with E-state index >= 15 is 0 Å². The minimum Gasteiger partial charge on any atom is -0.495 e. The quantitative estimate of drug-likeness (QED) is 0.827. The Morgan fingerprint density at radius 1 is 1.42 bits per heavy atom. The van der Waals surface area contributed by atoms with Gasteiger partial charge in [0, 0.05) is 12.1 Å². The summed E-state index contributed by atoms with van der Waals surface area (Å²) < 4.78 is 7.00. The molecule has 0 aliphatic heterocycles. The molecule has 0 unspecified atom stereocenters. The molecule has 0 atom stereocenters. The van der Waals surface area contributed by atoms with Gasteiger partial charge in [-0.1, -0.05) is 12.8 Å². The molecule has 0 spiro atoms. The molecule has 6 nitrogen and oxygen atoms in total. The normalized spacial score (nSPS) is 14.6. The number of nitrogen functional groups attached to an aromatic ring is 1. The van der Waals surface area contributed by atoms with Crippen LogP contribution in [0.25, 0.3) is 11.4 Å². The number of hydrogen-bond donors (Lipinski definition) is 1. The van der Waals surface area contributed by atoms with Gasteiger partial charge in [0.05, 0.1) is 12.8 Å². The number of ether oxygens (including phenoxy) is 1. The second-order valence-electron chi connectivity index (χ2n) is 4.91. The number of tetrazole rings is 1. The van der Waals surface area contributed by atoms with E-state index in [0.29, 0.717) is 11.4 Å².